The first-order valence-corrected chi connectivity index (χ1v) is 5.32. The minimum atomic E-state index is -0.892. The van der Waals surface area contributed by atoms with Crippen LogP contribution in [0.1, 0.15) is 30.1 Å². The van der Waals surface area contributed by atoms with Crippen molar-refractivity contribution in [2.75, 3.05) is 0 Å². The lowest BCUT2D eigenvalue weighted by Gasteiger charge is -2.12. The Morgan fingerprint density at radius 3 is 2.88 bits per heavy atom. The van der Waals surface area contributed by atoms with Crippen LogP contribution in [-0.4, -0.2) is 20.6 Å². The first-order valence-electron chi connectivity index (χ1n) is 5.32. The van der Waals surface area contributed by atoms with Gasteiger partial charge in [-0.1, -0.05) is 6.07 Å². The largest absolute Gasteiger partial charge is 0.478 e. The third-order valence-electron chi connectivity index (χ3n) is 3.35. The van der Waals surface area contributed by atoms with E-state index in [4.69, 9.17) is 0 Å². The Morgan fingerprint density at radius 2 is 2.25 bits per heavy atom. The number of carboxylic acids is 1. The van der Waals surface area contributed by atoms with E-state index in [1.165, 1.54) is 0 Å². The molecule has 0 aliphatic heterocycles. The number of para-hydroxylation sites is 1. The molecule has 4 heteroatoms. The van der Waals surface area contributed by atoms with Gasteiger partial charge in [-0.2, -0.15) is 0 Å². The smallest absolute Gasteiger partial charge is 0.337 e. The molecule has 0 atom stereocenters. The van der Waals surface area contributed by atoms with Crippen LogP contribution in [0.15, 0.2) is 24.5 Å². The van der Waals surface area contributed by atoms with Crippen LogP contribution in [-0.2, 0) is 5.54 Å². The summed E-state index contributed by atoms with van der Waals surface area (Å²) < 4.78 is 2.01. The van der Waals surface area contributed by atoms with E-state index >= 15 is 0 Å². The van der Waals surface area contributed by atoms with E-state index in [0.29, 0.717) is 5.56 Å². The molecule has 4 nitrogen and oxygen atoms in total. The van der Waals surface area contributed by atoms with Gasteiger partial charge in [0.15, 0.2) is 0 Å². The fourth-order valence-electron chi connectivity index (χ4n) is 2.07. The van der Waals surface area contributed by atoms with Gasteiger partial charge in [-0.3, -0.25) is 0 Å². The van der Waals surface area contributed by atoms with Crippen molar-refractivity contribution in [2.24, 2.45) is 0 Å². The van der Waals surface area contributed by atoms with Gasteiger partial charge in [0.1, 0.15) is 0 Å². The summed E-state index contributed by atoms with van der Waals surface area (Å²) in [6.45, 7) is 2.13. The number of benzene rings is 1. The molecule has 1 aromatic carbocycles. The van der Waals surface area contributed by atoms with Crippen LogP contribution in [0.5, 0.6) is 0 Å². The molecule has 0 saturated heterocycles. The minimum Gasteiger partial charge on any atom is -0.478 e. The Kier molecular flexibility index (Phi) is 1.67. The van der Waals surface area contributed by atoms with Gasteiger partial charge in [0.05, 0.1) is 22.9 Å². The average molecular weight is 216 g/mol. The van der Waals surface area contributed by atoms with E-state index in [1.807, 2.05) is 10.6 Å². The molecule has 3 rings (SSSR count). The van der Waals surface area contributed by atoms with Crippen molar-refractivity contribution in [3.63, 3.8) is 0 Å². The molecule has 0 radical (unpaired) electrons. The lowest BCUT2D eigenvalue weighted by molar-refractivity contribution is 0.0698. The summed E-state index contributed by atoms with van der Waals surface area (Å²) in [5, 5.41) is 9.17. The Labute approximate surface area is 92.5 Å². The minimum absolute atomic E-state index is 0.0697. The fourth-order valence-corrected chi connectivity index (χ4v) is 2.07. The highest BCUT2D eigenvalue weighted by Crippen LogP contribution is 2.44. The normalized spacial score (nSPS) is 17.6. The first kappa shape index (κ1) is 9.39. The number of aromatic nitrogens is 2. The molecule has 1 aliphatic rings. The molecule has 1 N–H and O–H groups in total. The van der Waals surface area contributed by atoms with Crippen molar-refractivity contribution in [1.82, 2.24) is 9.55 Å². The number of carbonyl (C=O) groups is 1. The molecule has 0 spiro atoms. The second kappa shape index (κ2) is 2.84. The van der Waals surface area contributed by atoms with Gasteiger partial charge in [-0.25, -0.2) is 9.78 Å². The van der Waals surface area contributed by atoms with Crippen molar-refractivity contribution in [3.05, 3.63) is 30.1 Å². The van der Waals surface area contributed by atoms with Crippen LogP contribution < -0.4 is 0 Å². The standard InChI is InChI=1S/C12H12N2O2/c1-12(5-6-12)14-7-13-9-4-2-3-8(10(9)14)11(15)16/h2-4,7H,5-6H2,1H3,(H,15,16). The number of carboxylic acid groups (broad SMARTS) is 1. The second-order valence-corrected chi connectivity index (χ2v) is 4.59. The van der Waals surface area contributed by atoms with Crippen molar-refractivity contribution >= 4 is 17.0 Å². The summed E-state index contributed by atoms with van der Waals surface area (Å²) in [6.07, 6.45) is 3.93. The monoisotopic (exact) mass is 216 g/mol. The number of nitrogens with zero attached hydrogens (tertiary/aromatic N) is 2. The van der Waals surface area contributed by atoms with Crippen molar-refractivity contribution in [3.8, 4) is 0 Å². The number of hydrogen-bond donors (Lipinski definition) is 1. The molecular formula is C12H12N2O2. The van der Waals surface area contributed by atoms with E-state index in [1.54, 1.807) is 18.5 Å². The van der Waals surface area contributed by atoms with E-state index in [2.05, 4.69) is 11.9 Å². The molecule has 1 saturated carbocycles. The topological polar surface area (TPSA) is 55.1 Å². The molecule has 16 heavy (non-hydrogen) atoms. The number of rotatable bonds is 2. The summed E-state index contributed by atoms with van der Waals surface area (Å²) >= 11 is 0. The number of hydrogen-bond acceptors (Lipinski definition) is 2. The number of fused-ring (bicyclic) bond motifs is 1. The Morgan fingerprint density at radius 1 is 1.50 bits per heavy atom. The SMILES string of the molecule is CC1(n2cnc3cccc(C(=O)O)c32)CC1. The predicted octanol–water partition coefficient (Wildman–Crippen LogP) is 2.24. The second-order valence-electron chi connectivity index (χ2n) is 4.59. The van der Waals surface area contributed by atoms with Crippen LogP contribution in [0.2, 0.25) is 0 Å². The lowest BCUT2D eigenvalue weighted by Crippen LogP contribution is -2.12. The van der Waals surface area contributed by atoms with Crippen LogP contribution in [0.3, 0.4) is 0 Å². The molecule has 1 heterocycles. The third-order valence-corrected chi connectivity index (χ3v) is 3.35. The van der Waals surface area contributed by atoms with Gasteiger partial charge in [0.25, 0.3) is 0 Å². The van der Waals surface area contributed by atoms with Crippen LogP contribution >= 0.6 is 0 Å². The Bertz CT molecular complexity index is 582. The summed E-state index contributed by atoms with van der Waals surface area (Å²) in [7, 11) is 0. The van der Waals surface area contributed by atoms with Gasteiger partial charge >= 0.3 is 5.97 Å². The van der Waals surface area contributed by atoms with Gasteiger partial charge in [-0.05, 0) is 31.9 Å². The third kappa shape index (κ3) is 1.16. The zero-order valence-electron chi connectivity index (χ0n) is 8.97. The molecule has 0 bridgehead atoms. The van der Waals surface area contributed by atoms with Gasteiger partial charge in [0.2, 0.25) is 0 Å². The fraction of sp³-hybridized carbons (Fsp3) is 0.333. The molecule has 0 amide bonds. The highest BCUT2D eigenvalue weighted by atomic mass is 16.4. The van der Waals surface area contributed by atoms with Crippen molar-refractivity contribution < 1.29 is 9.90 Å². The molecular weight excluding hydrogens is 204 g/mol. The summed E-state index contributed by atoms with van der Waals surface area (Å²) in [4.78, 5) is 15.4. The average Bonchev–Trinajstić information content (AvgIpc) is 2.85. The maximum atomic E-state index is 11.2. The predicted molar refractivity (Wildman–Crippen MR) is 59.6 cm³/mol. The molecule has 1 fully saturated rings. The zero-order valence-corrected chi connectivity index (χ0v) is 8.97. The van der Waals surface area contributed by atoms with Crippen LogP contribution in [0, 0.1) is 0 Å². The molecule has 82 valence electrons. The lowest BCUT2D eigenvalue weighted by atomic mass is 10.1. The highest BCUT2D eigenvalue weighted by Gasteiger charge is 2.40. The summed E-state index contributed by atoms with van der Waals surface area (Å²) in [5.41, 5.74) is 1.91. The van der Waals surface area contributed by atoms with E-state index in [0.717, 1.165) is 23.9 Å². The first-order chi connectivity index (χ1) is 7.62. The number of imidazole rings is 1. The molecule has 2 aromatic rings. The van der Waals surface area contributed by atoms with Gasteiger partial charge in [0, 0.05) is 5.54 Å². The maximum Gasteiger partial charge on any atom is 0.337 e. The quantitative estimate of drug-likeness (QED) is 0.837. The van der Waals surface area contributed by atoms with Gasteiger partial charge in [-0.15, -0.1) is 0 Å². The van der Waals surface area contributed by atoms with E-state index in [-0.39, 0.29) is 5.54 Å². The zero-order chi connectivity index (χ0) is 11.3. The highest BCUT2D eigenvalue weighted by molar-refractivity contribution is 6.01. The van der Waals surface area contributed by atoms with Gasteiger partial charge < -0.3 is 9.67 Å². The Hall–Kier alpha value is -1.84. The van der Waals surface area contributed by atoms with Crippen LogP contribution in [0.4, 0.5) is 0 Å². The van der Waals surface area contributed by atoms with Crippen LogP contribution in [0.25, 0.3) is 11.0 Å². The molecule has 0 unspecified atom stereocenters. The van der Waals surface area contributed by atoms with Crippen molar-refractivity contribution in [1.29, 1.82) is 0 Å². The number of aromatic carboxylic acids is 1. The van der Waals surface area contributed by atoms with E-state index in [9.17, 15) is 9.90 Å². The summed E-state index contributed by atoms with van der Waals surface area (Å²) in [6, 6.07) is 5.22. The van der Waals surface area contributed by atoms with E-state index < -0.39 is 5.97 Å². The Balaban J connectivity index is 2.34. The molecule has 1 aromatic heterocycles. The summed E-state index contributed by atoms with van der Waals surface area (Å²) in [5.74, 6) is -0.892. The van der Waals surface area contributed by atoms with Crippen molar-refractivity contribution in [2.45, 2.75) is 25.3 Å². The molecule has 1 aliphatic carbocycles. The maximum absolute atomic E-state index is 11.2.